The topological polar surface area (TPSA) is 3.01 Å². The van der Waals surface area contributed by atoms with Gasteiger partial charge in [-0.1, -0.05) is 19.9 Å². The molecule has 1 fully saturated rings. The smallest absolute Gasteiger partial charge is 0.187 e. The summed E-state index contributed by atoms with van der Waals surface area (Å²) >= 11 is 1.90. The van der Waals surface area contributed by atoms with E-state index >= 15 is 0 Å². The van der Waals surface area contributed by atoms with Crippen LogP contribution in [-0.4, -0.2) is 16.8 Å². The summed E-state index contributed by atoms with van der Waals surface area (Å²) in [6.07, 6.45) is 2.66. The number of hydrogen-bond acceptors (Lipinski definition) is 1. The van der Waals surface area contributed by atoms with Crippen molar-refractivity contribution in [3.63, 3.8) is 0 Å². The van der Waals surface area contributed by atoms with Gasteiger partial charge in [0.2, 0.25) is 0 Å². The molecule has 1 aliphatic heterocycles. The van der Waals surface area contributed by atoms with Gasteiger partial charge in [-0.2, -0.15) is 0 Å². The van der Waals surface area contributed by atoms with Gasteiger partial charge in [0, 0.05) is 25.7 Å². The van der Waals surface area contributed by atoms with Crippen molar-refractivity contribution >= 4 is 17.0 Å². The first-order chi connectivity index (χ1) is 7.20. The third-order valence-corrected chi connectivity index (χ3v) is 4.39. The Kier molecular flexibility index (Phi) is 3.25. The van der Waals surface area contributed by atoms with E-state index in [0.717, 1.165) is 0 Å². The third-order valence-electron chi connectivity index (χ3n) is 3.41. The Hall–Kier alpha value is -0.630. The highest BCUT2D eigenvalue weighted by Crippen LogP contribution is 2.32. The highest BCUT2D eigenvalue weighted by molar-refractivity contribution is 7.10. The molecule has 0 spiro atoms. The zero-order valence-corrected chi connectivity index (χ0v) is 10.7. The van der Waals surface area contributed by atoms with Crippen molar-refractivity contribution in [3.8, 4) is 0 Å². The average Bonchev–Trinajstić information content (AvgIpc) is 2.86. The van der Waals surface area contributed by atoms with Crippen LogP contribution in [0.25, 0.3) is 0 Å². The predicted octanol–water partition coefficient (Wildman–Crippen LogP) is 3.71. The van der Waals surface area contributed by atoms with Crippen molar-refractivity contribution in [2.75, 3.05) is 6.54 Å². The number of thiophene rings is 1. The normalized spacial score (nSPS) is 24.9. The van der Waals surface area contributed by atoms with E-state index in [0.29, 0.717) is 12.0 Å². The van der Waals surface area contributed by atoms with Crippen molar-refractivity contribution in [1.82, 2.24) is 0 Å². The molecule has 1 aliphatic rings. The van der Waals surface area contributed by atoms with Crippen LogP contribution in [0.3, 0.4) is 0 Å². The predicted molar refractivity (Wildman–Crippen MR) is 66.9 cm³/mol. The highest BCUT2D eigenvalue weighted by atomic mass is 32.1. The van der Waals surface area contributed by atoms with Crippen molar-refractivity contribution in [2.24, 2.45) is 5.92 Å². The summed E-state index contributed by atoms with van der Waals surface area (Å²) in [5, 5.41) is 2.19. The molecule has 0 saturated carbocycles. The molecule has 1 unspecified atom stereocenters. The lowest BCUT2D eigenvalue weighted by Crippen LogP contribution is -2.22. The Bertz CT molecular complexity index is 349. The van der Waals surface area contributed by atoms with Gasteiger partial charge in [0.1, 0.15) is 6.54 Å². The van der Waals surface area contributed by atoms with Crippen LogP contribution in [0.15, 0.2) is 17.5 Å². The Labute approximate surface area is 96.5 Å². The lowest BCUT2D eigenvalue weighted by atomic mass is 10.1. The molecule has 0 aliphatic carbocycles. The fourth-order valence-corrected chi connectivity index (χ4v) is 3.17. The van der Waals surface area contributed by atoms with Gasteiger partial charge in [0.15, 0.2) is 11.8 Å². The van der Waals surface area contributed by atoms with E-state index in [-0.39, 0.29) is 0 Å². The summed E-state index contributed by atoms with van der Waals surface area (Å²) < 4.78 is 2.61. The molecule has 0 N–H and O–H groups in total. The molecule has 2 heterocycles. The first kappa shape index (κ1) is 10.9. The van der Waals surface area contributed by atoms with E-state index in [2.05, 4.69) is 42.9 Å². The van der Waals surface area contributed by atoms with Crippen LogP contribution in [-0.2, 0) is 0 Å². The Balaban J connectivity index is 2.30. The van der Waals surface area contributed by atoms with Crippen molar-refractivity contribution in [3.05, 3.63) is 22.4 Å². The molecular formula is C13H20NS+. The standard InChI is InChI=1S/C13H20NS/c1-10(2)11(3)14-8-4-6-12(14)13-7-5-9-15-13/h5,7,9-10,12H,4,6,8H2,1-3H3/q+1/b14-11+. The summed E-state index contributed by atoms with van der Waals surface area (Å²) in [4.78, 5) is 1.53. The zero-order valence-electron chi connectivity index (χ0n) is 9.86. The molecule has 2 heteroatoms. The Morgan fingerprint density at radius 1 is 1.53 bits per heavy atom. The fourth-order valence-electron chi connectivity index (χ4n) is 2.30. The second kappa shape index (κ2) is 4.48. The second-order valence-corrected chi connectivity index (χ2v) is 5.64. The van der Waals surface area contributed by atoms with Crippen molar-refractivity contribution in [2.45, 2.75) is 39.7 Å². The van der Waals surface area contributed by atoms with Crippen LogP contribution in [0, 0.1) is 5.92 Å². The molecule has 15 heavy (non-hydrogen) atoms. The summed E-state index contributed by atoms with van der Waals surface area (Å²) in [6, 6.07) is 5.11. The van der Waals surface area contributed by atoms with E-state index in [4.69, 9.17) is 0 Å². The lowest BCUT2D eigenvalue weighted by Gasteiger charge is -2.10. The van der Waals surface area contributed by atoms with Crippen LogP contribution in [0.4, 0.5) is 0 Å². The maximum Gasteiger partial charge on any atom is 0.187 e. The van der Waals surface area contributed by atoms with Crippen LogP contribution >= 0.6 is 11.3 Å². The van der Waals surface area contributed by atoms with Crippen molar-refractivity contribution < 1.29 is 4.58 Å². The SMILES string of the molecule is C/C(C(C)C)=[N+]1/CCCC1c1cccs1. The first-order valence-corrected chi connectivity index (χ1v) is 6.71. The molecule has 1 aromatic rings. The Morgan fingerprint density at radius 2 is 2.33 bits per heavy atom. The number of hydrogen-bond donors (Lipinski definition) is 0. The van der Waals surface area contributed by atoms with E-state index in [1.54, 1.807) is 5.71 Å². The molecule has 1 nitrogen and oxygen atoms in total. The molecule has 82 valence electrons. The van der Waals surface area contributed by atoms with E-state index < -0.39 is 0 Å². The molecule has 1 atom stereocenters. The quantitative estimate of drug-likeness (QED) is 0.671. The molecule has 1 aromatic heterocycles. The van der Waals surface area contributed by atoms with Gasteiger partial charge in [-0.15, -0.1) is 11.3 Å². The highest BCUT2D eigenvalue weighted by Gasteiger charge is 2.32. The van der Waals surface area contributed by atoms with E-state index in [9.17, 15) is 0 Å². The molecule has 0 amide bonds. The molecule has 1 saturated heterocycles. The lowest BCUT2D eigenvalue weighted by molar-refractivity contribution is -0.552. The molecule has 0 bridgehead atoms. The summed E-state index contributed by atoms with van der Waals surface area (Å²) in [7, 11) is 0. The van der Waals surface area contributed by atoms with Gasteiger partial charge in [0.05, 0.1) is 4.88 Å². The van der Waals surface area contributed by atoms with Gasteiger partial charge in [-0.3, -0.25) is 0 Å². The van der Waals surface area contributed by atoms with E-state index in [1.807, 2.05) is 11.3 Å². The summed E-state index contributed by atoms with van der Waals surface area (Å²) in [6.45, 7) is 8.11. The van der Waals surface area contributed by atoms with Gasteiger partial charge >= 0.3 is 0 Å². The average molecular weight is 222 g/mol. The van der Waals surface area contributed by atoms with Gasteiger partial charge in [0.25, 0.3) is 0 Å². The molecule has 0 aromatic carbocycles. The minimum Gasteiger partial charge on any atom is -0.229 e. The number of nitrogens with zero attached hydrogens (tertiary/aromatic N) is 1. The molecular weight excluding hydrogens is 202 g/mol. The zero-order chi connectivity index (χ0) is 10.8. The monoisotopic (exact) mass is 222 g/mol. The second-order valence-electron chi connectivity index (χ2n) is 4.66. The van der Waals surface area contributed by atoms with Crippen molar-refractivity contribution in [1.29, 1.82) is 0 Å². The summed E-state index contributed by atoms with van der Waals surface area (Å²) in [5.74, 6) is 0.672. The molecule has 0 radical (unpaired) electrons. The fraction of sp³-hybridized carbons (Fsp3) is 0.615. The summed E-state index contributed by atoms with van der Waals surface area (Å²) in [5.41, 5.74) is 1.55. The van der Waals surface area contributed by atoms with Crippen LogP contribution in [0.2, 0.25) is 0 Å². The first-order valence-electron chi connectivity index (χ1n) is 5.83. The maximum atomic E-state index is 2.61. The maximum absolute atomic E-state index is 2.61. The van der Waals surface area contributed by atoms with Gasteiger partial charge < -0.3 is 0 Å². The van der Waals surface area contributed by atoms with E-state index in [1.165, 1.54) is 24.3 Å². The number of rotatable bonds is 2. The van der Waals surface area contributed by atoms with Gasteiger partial charge in [-0.25, -0.2) is 4.58 Å². The van der Waals surface area contributed by atoms with Crippen LogP contribution in [0.1, 0.15) is 44.5 Å². The van der Waals surface area contributed by atoms with Crippen LogP contribution < -0.4 is 0 Å². The molecule has 2 rings (SSSR count). The largest absolute Gasteiger partial charge is 0.229 e. The minimum absolute atomic E-state index is 0.660. The third kappa shape index (κ3) is 2.15. The Morgan fingerprint density at radius 3 is 2.93 bits per heavy atom. The van der Waals surface area contributed by atoms with Crippen LogP contribution in [0.5, 0.6) is 0 Å². The van der Waals surface area contributed by atoms with Gasteiger partial charge in [-0.05, 0) is 11.4 Å². The minimum atomic E-state index is 0.660.